The molecule has 0 amide bonds. The number of fused-ring (bicyclic) bond motifs is 1. The molecule has 1 aliphatic carbocycles. The van der Waals surface area contributed by atoms with Crippen LogP contribution in [-0.2, 0) is 19.4 Å². The van der Waals surface area contributed by atoms with Gasteiger partial charge < -0.3 is 4.98 Å². The Morgan fingerprint density at radius 1 is 1.03 bits per heavy atom. The highest BCUT2D eigenvalue weighted by Gasteiger charge is 2.39. The van der Waals surface area contributed by atoms with Crippen LogP contribution in [0.15, 0.2) is 72.9 Å². The molecule has 4 heteroatoms. The Morgan fingerprint density at radius 2 is 1.88 bits per heavy atom. The number of imidazole rings is 1. The molecule has 4 aromatic rings. The molecule has 0 spiro atoms. The minimum atomic E-state index is 0.570. The lowest BCUT2D eigenvalue weighted by Gasteiger charge is -2.32. The minimum Gasteiger partial charge on any atom is -0.338 e. The van der Waals surface area contributed by atoms with E-state index in [2.05, 4.69) is 64.3 Å². The van der Waals surface area contributed by atoms with E-state index in [0.717, 1.165) is 47.1 Å². The molecule has 34 heavy (non-hydrogen) atoms. The molecule has 1 aliphatic heterocycles. The third-order valence-electron chi connectivity index (χ3n) is 7.49. The molecule has 0 atom stereocenters. The van der Waals surface area contributed by atoms with Gasteiger partial charge in [0.15, 0.2) is 0 Å². The first kappa shape index (κ1) is 21.6. The van der Waals surface area contributed by atoms with Crippen molar-refractivity contribution in [2.75, 3.05) is 13.1 Å². The van der Waals surface area contributed by atoms with Crippen molar-refractivity contribution in [3.8, 4) is 22.6 Å². The van der Waals surface area contributed by atoms with Gasteiger partial charge in [0.1, 0.15) is 5.82 Å². The Labute approximate surface area is 206 Å². The molecule has 3 nitrogen and oxygen atoms in total. The average Bonchev–Trinajstić information content (AvgIpc) is 3.37. The second kappa shape index (κ2) is 8.72. The van der Waals surface area contributed by atoms with E-state index in [-0.39, 0.29) is 0 Å². The third kappa shape index (κ3) is 4.43. The van der Waals surface area contributed by atoms with Crippen molar-refractivity contribution in [2.24, 2.45) is 5.41 Å². The van der Waals surface area contributed by atoms with E-state index >= 15 is 0 Å². The van der Waals surface area contributed by atoms with Crippen molar-refractivity contribution >= 4 is 11.6 Å². The Morgan fingerprint density at radius 3 is 2.71 bits per heavy atom. The zero-order chi connectivity index (χ0) is 23.1. The summed E-state index contributed by atoms with van der Waals surface area (Å²) in [5, 5.41) is 0.719. The van der Waals surface area contributed by atoms with Gasteiger partial charge in [0.05, 0.1) is 16.9 Å². The second-order valence-corrected chi connectivity index (χ2v) is 10.7. The maximum absolute atomic E-state index is 6.61. The fourth-order valence-corrected chi connectivity index (χ4v) is 5.47. The van der Waals surface area contributed by atoms with E-state index < -0.39 is 0 Å². The summed E-state index contributed by atoms with van der Waals surface area (Å²) >= 11 is 6.61. The Balaban J connectivity index is 1.24. The number of H-pyrrole nitrogens is 1. The molecule has 1 N–H and O–H groups in total. The number of hydrogen-bond donors (Lipinski definition) is 1. The largest absolute Gasteiger partial charge is 0.338 e. The standard InChI is InChI=1S/C30H30ClN3/c1-30(13-14-30)20-34-15-12-25-23(8-5-9-24(25)19-34)16-21-10-11-27(31)26(17-21)29-32-18-28(33-29)22-6-3-2-4-7-22/h2-11,17-18H,12-16,19-20H2,1H3,(H,32,33). The first-order valence-electron chi connectivity index (χ1n) is 12.3. The summed E-state index contributed by atoms with van der Waals surface area (Å²) in [5.41, 5.74) is 9.39. The number of benzene rings is 3. The summed E-state index contributed by atoms with van der Waals surface area (Å²) in [6.45, 7) is 5.92. The smallest absolute Gasteiger partial charge is 0.139 e. The van der Waals surface area contributed by atoms with Gasteiger partial charge in [-0.05, 0) is 71.0 Å². The molecule has 0 bridgehead atoms. The summed E-state index contributed by atoms with van der Waals surface area (Å²) in [6.07, 6.45) is 6.71. The summed E-state index contributed by atoms with van der Waals surface area (Å²) in [7, 11) is 0. The van der Waals surface area contributed by atoms with Crippen LogP contribution in [0.1, 0.15) is 42.0 Å². The Hall–Kier alpha value is -2.88. The number of hydrogen-bond acceptors (Lipinski definition) is 2. The van der Waals surface area contributed by atoms with Gasteiger partial charge in [-0.15, -0.1) is 0 Å². The van der Waals surface area contributed by atoms with Crippen LogP contribution in [0.5, 0.6) is 0 Å². The van der Waals surface area contributed by atoms with Crippen LogP contribution in [0, 0.1) is 5.41 Å². The number of rotatable bonds is 6. The molecule has 1 saturated carbocycles. The molecule has 3 aromatic carbocycles. The van der Waals surface area contributed by atoms with Crippen LogP contribution in [0.3, 0.4) is 0 Å². The highest BCUT2D eigenvalue weighted by atomic mass is 35.5. The van der Waals surface area contributed by atoms with Gasteiger partial charge >= 0.3 is 0 Å². The third-order valence-corrected chi connectivity index (χ3v) is 7.82. The average molecular weight is 468 g/mol. The number of nitrogens with zero attached hydrogens (tertiary/aromatic N) is 2. The first-order chi connectivity index (χ1) is 16.6. The number of nitrogens with one attached hydrogen (secondary N) is 1. The van der Waals surface area contributed by atoms with Gasteiger partial charge in [0.25, 0.3) is 0 Å². The zero-order valence-electron chi connectivity index (χ0n) is 19.7. The number of halogens is 1. The Bertz CT molecular complexity index is 1320. The van der Waals surface area contributed by atoms with Gasteiger partial charge in [0, 0.05) is 25.2 Å². The lowest BCUT2D eigenvalue weighted by atomic mass is 9.90. The molecule has 2 heterocycles. The summed E-state index contributed by atoms with van der Waals surface area (Å²) in [4.78, 5) is 10.7. The lowest BCUT2D eigenvalue weighted by molar-refractivity contribution is 0.211. The van der Waals surface area contributed by atoms with Crippen LogP contribution in [0.2, 0.25) is 5.02 Å². The molecule has 2 aliphatic rings. The predicted octanol–water partition coefficient (Wildman–Crippen LogP) is 7.15. The maximum atomic E-state index is 6.61. The highest BCUT2D eigenvalue weighted by Crippen LogP contribution is 2.46. The van der Waals surface area contributed by atoms with E-state index in [0.29, 0.717) is 5.41 Å². The predicted molar refractivity (Wildman–Crippen MR) is 140 cm³/mol. The number of aromatic nitrogens is 2. The van der Waals surface area contributed by atoms with E-state index in [9.17, 15) is 0 Å². The van der Waals surface area contributed by atoms with Crippen molar-refractivity contribution in [2.45, 2.75) is 39.2 Å². The molecule has 1 aromatic heterocycles. The molecule has 0 unspecified atom stereocenters. The molecule has 0 saturated heterocycles. The maximum Gasteiger partial charge on any atom is 0.139 e. The van der Waals surface area contributed by atoms with Gasteiger partial charge in [-0.3, -0.25) is 4.90 Å². The van der Waals surface area contributed by atoms with Crippen molar-refractivity contribution in [1.82, 2.24) is 14.9 Å². The van der Waals surface area contributed by atoms with Crippen LogP contribution in [-0.4, -0.2) is 28.0 Å². The van der Waals surface area contributed by atoms with Gasteiger partial charge in [-0.1, -0.05) is 73.1 Å². The van der Waals surface area contributed by atoms with E-state index in [1.807, 2.05) is 30.5 Å². The highest BCUT2D eigenvalue weighted by molar-refractivity contribution is 6.33. The van der Waals surface area contributed by atoms with Crippen LogP contribution in [0.4, 0.5) is 0 Å². The molecular weight excluding hydrogens is 438 g/mol. The SMILES string of the molecule is CC1(CN2CCc3c(Cc4ccc(Cl)c(-c5ncc(-c6ccccc6)[nH]5)c4)cccc3C2)CC1. The first-order valence-corrected chi connectivity index (χ1v) is 12.7. The van der Waals surface area contributed by atoms with Gasteiger partial charge in [0.2, 0.25) is 0 Å². The van der Waals surface area contributed by atoms with Gasteiger partial charge in [-0.2, -0.15) is 0 Å². The summed E-state index contributed by atoms with van der Waals surface area (Å²) in [6, 6.07) is 23.5. The lowest BCUT2D eigenvalue weighted by Crippen LogP contribution is -2.35. The second-order valence-electron chi connectivity index (χ2n) is 10.3. The fourth-order valence-electron chi connectivity index (χ4n) is 5.27. The van der Waals surface area contributed by atoms with Crippen LogP contribution in [0.25, 0.3) is 22.6 Å². The van der Waals surface area contributed by atoms with E-state index in [4.69, 9.17) is 11.6 Å². The minimum absolute atomic E-state index is 0.570. The number of aromatic amines is 1. The molecule has 172 valence electrons. The molecule has 6 rings (SSSR count). The zero-order valence-corrected chi connectivity index (χ0v) is 20.4. The van der Waals surface area contributed by atoms with Crippen molar-refractivity contribution in [1.29, 1.82) is 0 Å². The quantitative estimate of drug-likeness (QED) is 0.326. The van der Waals surface area contributed by atoms with E-state index in [1.54, 1.807) is 5.56 Å². The summed E-state index contributed by atoms with van der Waals surface area (Å²) < 4.78 is 0. The Kier molecular flexibility index (Phi) is 5.55. The molecule has 0 radical (unpaired) electrons. The van der Waals surface area contributed by atoms with Crippen molar-refractivity contribution in [3.05, 3.63) is 100 Å². The topological polar surface area (TPSA) is 31.9 Å². The monoisotopic (exact) mass is 467 g/mol. The molecule has 1 fully saturated rings. The summed E-state index contributed by atoms with van der Waals surface area (Å²) in [5.74, 6) is 0.810. The molecular formula is C30H30ClN3. The van der Waals surface area contributed by atoms with Crippen LogP contribution < -0.4 is 0 Å². The fraction of sp³-hybridized carbons (Fsp3) is 0.300. The van der Waals surface area contributed by atoms with Crippen molar-refractivity contribution < 1.29 is 0 Å². The van der Waals surface area contributed by atoms with Crippen LogP contribution >= 0.6 is 11.6 Å². The van der Waals surface area contributed by atoms with Gasteiger partial charge in [-0.25, -0.2) is 4.98 Å². The van der Waals surface area contributed by atoms with Crippen molar-refractivity contribution in [3.63, 3.8) is 0 Å². The van der Waals surface area contributed by atoms with E-state index in [1.165, 1.54) is 42.6 Å². The normalized spacial score (nSPS) is 16.9.